The summed E-state index contributed by atoms with van der Waals surface area (Å²) >= 11 is 2.91. The van der Waals surface area contributed by atoms with Gasteiger partial charge in [-0.15, -0.1) is 11.8 Å². The number of hydrogen-bond acceptors (Lipinski definition) is 5. The summed E-state index contributed by atoms with van der Waals surface area (Å²) < 4.78 is 14.2. The number of carbonyl (C=O) groups excluding carboxylic acids is 1. The average molecular weight is 438 g/mol. The quantitative estimate of drug-likeness (QED) is 0.359. The summed E-state index contributed by atoms with van der Waals surface area (Å²) in [5, 5.41) is 0.673. The summed E-state index contributed by atoms with van der Waals surface area (Å²) in [6.07, 6.45) is 3.47. The van der Waals surface area contributed by atoms with Gasteiger partial charge in [0.25, 0.3) is 0 Å². The highest BCUT2D eigenvalue weighted by Crippen LogP contribution is 2.33. The predicted octanol–water partition coefficient (Wildman–Crippen LogP) is 5.77. The third-order valence-corrected chi connectivity index (χ3v) is 6.81. The lowest BCUT2D eigenvalue weighted by atomic mass is 10.1. The number of halogens is 1. The van der Waals surface area contributed by atoms with Gasteiger partial charge in [0.05, 0.1) is 22.5 Å². The molecule has 2 heterocycles. The monoisotopic (exact) mass is 437 g/mol. The molecule has 0 spiro atoms. The second-order valence-electron chi connectivity index (χ2n) is 7.01. The van der Waals surface area contributed by atoms with E-state index in [1.807, 2.05) is 25.1 Å². The second-order valence-corrected chi connectivity index (χ2v) is 9.04. The average Bonchev–Trinajstić information content (AvgIpc) is 3.16. The van der Waals surface area contributed by atoms with Gasteiger partial charge in [0, 0.05) is 17.3 Å². The van der Waals surface area contributed by atoms with Crippen LogP contribution in [0.1, 0.15) is 16.7 Å². The van der Waals surface area contributed by atoms with Crippen LogP contribution < -0.4 is 4.90 Å². The molecular formula is C23H20FN3OS2. The molecule has 4 rings (SSSR count). The highest BCUT2D eigenvalue weighted by molar-refractivity contribution is 8.00. The van der Waals surface area contributed by atoms with E-state index < -0.39 is 0 Å². The summed E-state index contributed by atoms with van der Waals surface area (Å²) in [5.74, 6) is -0.106. The second kappa shape index (κ2) is 8.93. The molecule has 1 amide bonds. The van der Waals surface area contributed by atoms with Crippen molar-refractivity contribution in [1.82, 2.24) is 9.97 Å². The number of aryl methyl sites for hydroxylation is 2. The minimum Gasteiger partial charge on any atom is -0.283 e. The van der Waals surface area contributed by atoms with Gasteiger partial charge >= 0.3 is 0 Å². The van der Waals surface area contributed by atoms with Gasteiger partial charge in [-0.1, -0.05) is 23.5 Å². The Bertz CT molecular complexity index is 1180. The van der Waals surface area contributed by atoms with Gasteiger partial charge < -0.3 is 0 Å². The van der Waals surface area contributed by atoms with Gasteiger partial charge in [0.1, 0.15) is 5.82 Å². The van der Waals surface area contributed by atoms with E-state index in [0.29, 0.717) is 11.7 Å². The minimum atomic E-state index is -0.288. The van der Waals surface area contributed by atoms with E-state index in [-0.39, 0.29) is 17.5 Å². The van der Waals surface area contributed by atoms with E-state index in [4.69, 9.17) is 4.98 Å². The number of pyridine rings is 1. The Kier molecular flexibility index (Phi) is 6.11. The lowest BCUT2D eigenvalue weighted by Crippen LogP contribution is -2.31. The number of anilines is 1. The highest BCUT2D eigenvalue weighted by atomic mass is 32.2. The number of benzene rings is 2. The van der Waals surface area contributed by atoms with E-state index >= 15 is 0 Å². The number of carbonyl (C=O) groups is 1. The molecule has 0 aliphatic carbocycles. The first-order valence-corrected chi connectivity index (χ1v) is 11.3. The molecule has 4 aromatic rings. The maximum atomic E-state index is 13.2. The topological polar surface area (TPSA) is 46.1 Å². The van der Waals surface area contributed by atoms with Crippen LogP contribution in [0.4, 0.5) is 9.52 Å². The molecule has 0 aliphatic rings. The van der Waals surface area contributed by atoms with Crippen molar-refractivity contribution in [2.24, 2.45) is 0 Å². The third-order valence-electron chi connectivity index (χ3n) is 4.58. The van der Waals surface area contributed by atoms with Gasteiger partial charge in [-0.25, -0.2) is 9.37 Å². The fourth-order valence-electron chi connectivity index (χ4n) is 3.17. The first-order chi connectivity index (χ1) is 14.5. The molecular weight excluding hydrogens is 417 g/mol. The largest absolute Gasteiger partial charge is 0.283 e. The van der Waals surface area contributed by atoms with E-state index in [0.717, 1.165) is 31.8 Å². The van der Waals surface area contributed by atoms with Crippen molar-refractivity contribution >= 4 is 44.4 Å². The van der Waals surface area contributed by atoms with Crippen LogP contribution in [0.25, 0.3) is 10.2 Å². The normalized spacial score (nSPS) is 11.0. The lowest BCUT2D eigenvalue weighted by Gasteiger charge is -2.19. The Morgan fingerprint density at radius 1 is 1.17 bits per heavy atom. The number of amides is 1. The van der Waals surface area contributed by atoms with Crippen molar-refractivity contribution in [2.75, 3.05) is 10.7 Å². The zero-order valence-electron chi connectivity index (χ0n) is 16.6. The standard InChI is InChI=1S/C23H20FN3OS2/c1-15-10-16(2)22-20(11-15)26-23(30-22)27(13-17-4-3-9-25-12-17)21(28)14-29-19-7-5-18(24)6-8-19/h3-12H,13-14H2,1-2H3. The van der Waals surface area contributed by atoms with Crippen molar-refractivity contribution in [2.45, 2.75) is 25.3 Å². The van der Waals surface area contributed by atoms with Crippen molar-refractivity contribution in [3.05, 3.63) is 83.4 Å². The maximum absolute atomic E-state index is 13.2. The Hall–Kier alpha value is -2.77. The van der Waals surface area contributed by atoms with Crippen molar-refractivity contribution in [1.29, 1.82) is 0 Å². The van der Waals surface area contributed by atoms with E-state index in [9.17, 15) is 9.18 Å². The molecule has 152 valence electrons. The summed E-state index contributed by atoms with van der Waals surface area (Å²) in [6, 6.07) is 14.1. The number of thioether (sulfide) groups is 1. The Labute approximate surface area is 182 Å². The highest BCUT2D eigenvalue weighted by Gasteiger charge is 2.21. The number of thiazole rings is 1. The molecule has 30 heavy (non-hydrogen) atoms. The zero-order chi connectivity index (χ0) is 21.1. The van der Waals surface area contributed by atoms with Gasteiger partial charge in [-0.05, 0) is 66.9 Å². The van der Waals surface area contributed by atoms with Crippen molar-refractivity contribution in [3.8, 4) is 0 Å². The van der Waals surface area contributed by atoms with Crippen LogP contribution in [0.3, 0.4) is 0 Å². The first-order valence-electron chi connectivity index (χ1n) is 9.45. The van der Waals surface area contributed by atoms with Crippen molar-refractivity contribution in [3.63, 3.8) is 0 Å². The minimum absolute atomic E-state index is 0.0541. The Morgan fingerprint density at radius 2 is 1.97 bits per heavy atom. The van der Waals surface area contributed by atoms with Crippen LogP contribution in [0.2, 0.25) is 0 Å². The van der Waals surface area contributed by atoms with E-state index in [1.54, 1.807) is 29.4 Å². The molecule has 0 atom stereocenters. The Balaban J connectivity index is 1.63. The number of aromatic nitrogens is 2. The van der Waals surface area contributed by atoms with E-state index in [2.05, 4.69) is 18.0 Å². The fourth-order valence-corrected chi connectivity index (χ4v) is 4.98. The van der Waals surface area contributed by atoms with Gasteiger partial charge in [-0.2, -0.15) is 0 Å². The smallest absolute Gasteiger partial charge is 0.239 e. The van der Waals surface area contributed by atoms with Crippen LogP contribution in [-0.2, 0) is 11.3 Å². The Morgan fingerprint density at radius 3 is 2.70 bits per heavy atom. The molecule has 4 nitrogen and oxygen atoms in total. The van der Waals surface area contributed by atoms with Gasteiger partial charge in [0.15, 0.2) is 5.13 Å². The lowest BCUT2D eigenvalue weighted by molar-refractivity contribution is -0.116. The number of rotatable bonds is 6. The zero-order valence-corrected chi connectivity index (χ0v) is 18.3. The molecule has 0 saturated heterocycles. The number of fused-ring (bicyclic) bond motifs is 1. The molecule has 0 unspecified atom stereocenters. The SMILES string of the molecule is Cc1cc(C)c2sc(N(Cc3cccnc3)C(=O)CSc3ccc(F)cc3)nc2c1. The molecule has 0 N–H and O–H groups in total. The molecule has 2 aromatic carbocycles. The summed E-state index contributed by atoms with van der Waals surface area (Å²) in [7, 11) is 0. The molecule has 0 bridgehead atoms. The van der Waals surface area contributed by atoms with Crippen LogP contribution in [0, 0.1) is 19.7 Å². The van der Waals surface area contributed by atoms with Crippen LogP contribution in [-0.4, -0.2) is 21.6 Å². The third kappa shape index (κ3) is 4.68. The van der Waals surface area contributed by atoms with Crippen LogP contribution >= 0.6 is 23.1 Å². The molecule has 0 saturated carbocycles. The van der Waals surface area contributed by atoms with Crippen LogP contribution in [0.15, 0.2) is 65.8 Å². The van der Waals surface area contributed by atoms with Gasteiger partial charge in [-0.3, -0.25) is 14.7 Å². The molecule has 0 radical (unpaired) electrons. The maximum Gasteiger partial charge on any atom is 0.239 e. The summed E-state index contributed by atoms with van der Waals surface area (Å²) in [5.41, 5.74) is 4.14. The molecule has 0 aliphatic heterocycles. The first kappa shape index (κ1) is 20.5. The molecule has 2 aromatic heterocycles. The fraction of sp³-hybridized carbons (Fsp3) is 0.174. The van der Waals surface area contributed by atoms with Crippen LogP contribution in [0.5, 0.6) is 0 Å². The number of hydrogen-bond donors (Lipinski definition) is 0. The molecule has 0 fully saturated rings. The summed E-state index contributed by atoms with van der Waals surface area (Å²) in [6.45, 7) is 4.51. The molecule has 7 heteroatoms. The number of nitrogens with zero attached hydrogens (tertiary/aromatic N) is 3. The van der Waals surface area contributed by atoms with Gasteiger partial charge in [0.2, 0.25) is 5.91 Å². The summed E-state index contributed by atoms with van der Waals surface area (Å²) in [4.78, 5) is 24.7. The van der Waals surface area contributed by atoms with E-state index in [1.165, 1.54) is 35.2 Å². The van der Waals surface area contributed by atoms with Crippen molar-refractivity contribution < 1.29 is 9.18 Å². The predicted molar refractivity (Wildman–Crippen MR) is 122 cm³/mol.